The summed E-state index contributed by atoms with van der Waals surface area (Å²) in [7, 11) is 1.43. The fraction of sp³-hybridized carbons (Fsp3) is 0.667. The minimum absolute atomic E-state index is 0.168. The van der Waals surface area contributed by atoms with E-state index in [1.54, 1.807) is 12.1 Å². The van der Waals surface area contributed by atoms with Crippen LogP contribution in [-0.2, 0) is 19.1 Å². The molecule has 5 aliphatic rings. The normalized spacial score (nSPS) is 34.6. The molecule has 7 nitrogen and oxygen atoms in total. The number of anilines is 1. The van der Waals surface area contributed by atoms with Crippen molar-refractivity contribution >= 4 is 17.6 Å². The summed E-state index contributed by atoms with van der Waals surface area (Å²) in [4.78, 5) is 27.9. The molecule has 3 atom stereocenters. The van der Waals surface area contributed by atoms with Gasteiger partial charge in [-0.2, -0.15) is 0 Å². The third kappa shape index (κ3) is 4.44. The van der Waals surface area contributed by atoms with E-state index in [4.69, 9.17) is 9.47 Å². The first kappa shape index (κ1) is 23.3. The highest BCUT2D eigenvalue weighted by Gasteiger charge is 2.61. The fourth-order valence-corrected chi connectivity index (χ4v) is 7.11. The van der Waals surface area contributed by atoms with Gasteiger partial charge in [-0.15, -0.1) is 13.2 Å². The summed E-state index contributed by atoms with van der Waals surface area (Å²) in [5.74, 6) is 0.144. The standard InChI is InChI=1S/C24H29F3N2O5/c1-32-21(31)22-9-15-8-16(10-22)12-23(11-15,14-22)28-20(30)19-13-29(6-7-33-19)17-2-4-18(5-3-17)34-24(25,26)27/h2-5,15-16,19H,6-14H2,1H3,(H,28,30)/t15?,16?,19-,22?,23?/m1/s1. The number of halogens is 3. The number of esters is 1. The van der Waals surface area contributed by atoms with Crippen molar-refractivity contribution in [2.45, 2.75) is 56.5 Å². The van der Waals surface area contributed by atoms with Crippen molar-refractivity contribution in [3.8, 4) is 5.75 Å². The number of benzene rings is 1. The summed E-state index contributed by atoms with van der Waals surface area (Å²) in [6.07, 6.45) is -0.364. The molecule has 1 aromatic rings. The van der Waals surface area contributed by atoms with E-state index in [0.29, 0.717) is 37.1 Å². The van der Waals surface area contributed by atoms with Gasteiger partial charge in [0.2, 0.25) is 0 Å². The molecule has 10 heteroatoms. The quantitative estimate of drug-likeness (QED) is 0.649. The Morgan fingerprint density at radius 3 is 2.41 bits per heavy atom. The molecule has 0 spiro atoms. The van der Waals surface area contributed by atoms with Crippen molar-refractivity contribution in [1.82, 2.24) is 5.32 Å². The molecule has 2 unspecified atom stereocenters. The van der Waals surface area contributed by atoms with Crippen LogP contribution in [-0.4, -0.2) is 56.7 Å². The summed E-state index contributed by atoms with van der Waals surface area (Å²) in [6, 6.07) is 5.60. The molecule has 1 amide bonds. The van der Waals surface area contributed by atoms with Crippen molar-refractivity contribution in [3.63, 3.8) is 0 Å². The molecule has 0 radical (unpaired) electrons. The Morgan fingerprint density at radius 2 is 1.79 bits per heavy atom. The average Bonchev–Trinajstić information content (AvgIpc) is 2.77. The lowest BCUT2D eigenvalue weighted by Gasteiger charge is -2.61. The van der Waals surface area contributed by atoms with E-state index in [9.17, 15) is 22.8 Å². The van der Waals surface area contributed by atoms with Crippen LogP contribution in [0.25, 0.3) is 0 Å². The number of nitrogens with one attached hydrogen (secondary N) is 1. The van der Waals surface area contributed by atoms with Crippen LogP contribution in [0.4, 0.5) is 18.9 Å². The maximum Gasteiger partial charge on any atom is 0.573 e. The van der Waals surface area contributed by atoms with Crippen molar-refractivity contribution in [2.24, 2.45) is 17.3 Å². The number of amides is 1. The molecular formula is C24H29F3N2O5. The van der Waals surface area contributed by atoms with Crippen molar-refractivity contribution in [1.29, 1.82) is 0 Å². The van der Waals surface area contributed by atoms with Gasteiger partial charge in [-0.05, 0) is 74.6 Å². The van der Waals surface area contributed by atoms with Crippen LogP contribution in [0, 0.1) is 17.3 Å². The van der Waals surface area contributed by atoms with Gasteiger partial charge < -0.3 is 24.4 Å². The van der Waals surface area contributed by atoms with Crippen LogP contribution in [0.3, 0.4) is 0 Å². The van der Waals surface area contributed by atoms with Crippen LogP contribution in [0.2, 0.25) is 0 Å². The highest BCUT2D eigenvalue weighted by atomic mass is 19.4. The second-order valence-electron chi connectivity index (χ2n) is 10.3. The zero-order chi connectivity index (χ0) is 24.1. The highest BCUT2D eigenvalue weighted by Crippen LogP contribution is 2.62. The summed E-state index contributed by atoms with van der Waals surface area (Å²) >= 11 is 0. The first-order valence-corrected chi connectivity index (χ1v) is 11.7. The highest BCUT2D eigenvalue weighted by molar-refractivity contribution is 5.83. The van der Waals surface area contributed by atoms with Crippen molar-refractivity contribution in [2.75, 3.05) is 31.7 Å². The number of morpholine rings is 1. The minimum atomic E-state index is -4.74. The number of hydrogen-bond donors (Lipinski definition) is 1. The molecule has 186 valence electrons. The average molecular weight is 482 g/mol. The molecule has 34 heavy (non-hydrogen) atoms. The van der Waals surface area contributed by atoms with Gasteiger partial charge in [0.15, 0.2) is 6.10 Å². The lowest BCUT2D eigenvalue weighted by atomic mass is 9.47. The number of carbonyl (C=O) groups excluding carboxylic acids is 2. The van der Waals surface area contributed by atoms with Gasteiger partial charge in [0, 0.05) is 17.8 Å². The Bertz CT molecular complexity index is 937. The Hall–Kier alpha value is -2.49. The first-order valence-electron chi connectivity index (χ1n) is 11.7. The summed E-state index contributed by atoms with van der Waals surface area (Å²) in [5.41, 5.74) is -0.237. The topological polar surface area (TPSA) is 77.1 Å². The zero-order valence-corrected chi connectivity index (χ0v) is 19.0. The third-order valence-electron chi connectivity index (χ3n) is 7.86. The largest absolute Gasteiger partial charge is 0.573 e. The second-order valence-corrected chi connectivity index (χ2v) is 10.3. The molecule has 1 aliphatic heterocycles. The summed E-state index contributed by atoms with van der Waals surface area (Å²) in [5, 5.41) is 3.26. The molecule has 6 rings (SSSR count). The van der Waals surface area contributed by atoms with E-state index >= 15 is 0 Å². The second kappa shape index (κ2) is 8.32. The number of nitrogens with zero attached hydrogens (tertiary/aromatic N) is 1. The van der Waals surface area contributed by atoms with E-state index < -0.39 is 23.4 Å². The Balaban J connectivity index is 1.25. The van der Waals surface area contributed by atoms with Gasteiger partial charge in [-0.3, -0.25) is 9.59 Å². The molecule has 4 bridgehead atoms. The summed E-state index contributed by atoms with van der Waals surface area (Å²) in [6.45, 7) is 1.13. The molecule has 4 aliphatic carbocycles. The maximum absolute atomic E-state index is 13.3. The zero-order valence-electron chi connectivity index (χ0n) is 19.0. The van der Waals surface area contributed by atoms with Gasteiger partial charge in [0.25, 0.3) is 5.91 Å². The number of hydrogen-bond acceptors (Lipinski definition) is 6. The Morgan fingerprint density at radius 1 is 1.12 bits per heavy atom. The maximum atomic E-state index is 13.3. The lowest BCUT2D eigenvalue weighted by Crippen LogP contribution is -2.66. The number of ether oxygens (including phenoxy) is 3. The van der Waals surface area contributed by atoms with Crippen LogP contribution < -0.4 is 15.0 Å². The molecule has 4 saturated carbocycles. The smallest absolute Gasteiger partial charge is 0.469 e. The van der Waals surface area contributed by atoms with E-state index in [2.05, 4.69) is 10.1 Å². The molecule has 0 aromatic heterocycles. The predicted molar refractivity (Wildman–Crippen MR) is 115 cm³/mol. The lowest BCUT2D eigenvalue weighted by molar-refractivity contribution is -0.274. The van der Waals surface area contributed by atoms with E-state index in [1.807, 2.05) is 4.90 Å². The van der Waals surface area contributed by atoms with Crippen molar-refractivity contribution < 1.29 is 37.0 Å². The van der Waals surface area contributed by atoms with Gasteiger partial charge in [0.1, 0.15) is 5.75 Å². The first-order chi connectivity index (χ1) is 16.1. The monoisotopic (exact) mass is 482 g/mol. The van der Waals surface area contributed by atoms with Gasteiger partial charge in [-0.1, -0.05) is 0 Å². The van der Waals surface area contributed by atoms with Gasteiger partial charge >= 0.3 is 12.3 Å². The predicted octanol–water partition coefficient (Wildman–Crippen LogP) is 3.42. The van der Waals surface area contributed by atoms with E-state index in [1.165, 1.54) is 19.2 Å². The molecule has 1 heterocycles. The number of carbonyl (C=O) groups is 2. The SMILES string of the molecule is COC(=O)C12CC3CC(CC(NC(=O)[C@H]4CN(c5ccc(OC(F)(F)F)cc5)CCO4)(C3)C1)C2. The molecule has 5 fully saturated rings. The van der Waals surface area contributed by atoms with E-state index in [0.717, 1.165) is 32.1 Å². The molecular weight excluding hydrogens is 453 g/mol. The fourth-order valence-electron chi connectivity index (χ4n) is 7.11. The van der Waals surface area contributed by atoms with Crippen molar-refractivity contribution in [3.05, 3.63) is 24.3 Å². The van der Waals surface area contributed by atoms with Crippen LogP contribution in [0.5, 0.6) is 5.75 Å². The molecule has 1 N–H and O–H groups in total. The number of methoxy groups -OCH3 is 1. The van der Waals surface area contributed by atoms with Crippen LogP contribution in [0.15, 0.2) is 24.3 Å². The minimum Gasteiger partial charge on any atom is -0.469 e. The number of rotatable bonds is 5. The molecule has 1 saturated heterocycles. The van der Waals surface area contributed by atoms with Crippen LogP contribution >= 0.6 is 0 Å². The number of alkyl halides is 3. The van der Waals surface area contributed by atoms with Gasteiger partial charge in [0.05, 0.1) is 25.7 Å². The Kier molecular flexibility index (Phi) is 5.69. The van der Waals surface area contributed by atoms with E-state index in [-0.39, 0.29) is 24.2 Å². The van der Waals surface area contributed by atoms with Crippen LogP contribution in [0.1, 0.15) is 38.5 Å². The summed E-state index contributed by atoms with van der Waals surface area (Å²) < 4.78 is 52.1. The third-order valence-corrected chi connectivity index (χ3v) is 7.86. The molecule has 1 aromatic carbocycles. The Labute approximate surface area is 195 Å². The van der Waals surface area contributed by atoms with Gasteiger partial charge in [-0.25, -0.2) is 0 Å².